The number of hydrogen-bond donors (Lipinski definition) is 0. The SMILES string of the molecule is COC(=O)c1cc(C#N)nc(Oc2ccc(OCc3ccccc3)cc2)c1. The molecule has 1 aromatic heterocycles. The fourth-order valence-electron chi connectivity index (χ4n) is 2.32. The van der Waals surface area contributed by atoms with E-state index in [2.05, 4.69) is 9.72 Å². The molecule has 0 unspecified atom stereocenters. The average Bonchev–Trinajstić information content (AvgIpc) is 2.73. The lowest BCUT2D eigenvalue weighted by Crippen LogP contribution is -2.03. The number of methoxy groups -OCH3 is 1. The fourth-order valence-corrected chi connectivity index (χ4v) is 2.32. The normalized spacial score (nSPS) is 9.93. The van der Waals surface area contributed by atoms with E-state index < -0.39 is 5.97 Å². The molecule has 0 saturated carbocycles. The summed E-state index contributed by atoms with van der Waals surface area (Å²) in [5.74, 6) is 0.761. The van der Waals surface area contributed by atoms with Gasteiger partial charge in [-0.3, -0.25) is 0 Å². The smallest absolute Gasteiger partial charge is 0.338 e. The fraction of sp³-hybridized carbons (Fsp3) is 0.0952. The van der Waals surface area contributed by atoms with E-state index in [0.29, 0.717) is 18.1 Å². The first-order valence-corrected chi connectivity index (χ1v) is 8.13. The highest BCUT2D eigenvalue weighted by Gasteiger charge is 2.11. The Labute approximate surface area is 156 Å². The Kier molecular flexibility index (Phi) is 5.65. The van der Waals surface area contributed by atoms with Crippen molar-refractivity contribution in [2.24, 2.45) is 0 Å². The number of benzene rings is 2. The summed E-state index contributed by atoms with van der Waals surface area (Å²) < 4.78 is 16.0. The third-order valence-electron chi connectivity index (χ3n) is 3.63. The van der Waals surface area contributed by atoms with Gasteiger partial charge < -0.3 is 14.2 Å². The van der Waals surface area contributed by atoms with Crippen LogP contribution in [0.15, 0.2) is 66.7 Å². The van der Waals surface area contributed by atoms with Gasteiger partial charge in [-0.2, -0.15) is 5.26 Å². The van der Waals surface area contributed by atoms with E-state index in [-0.39, 0.29) is 17.1 Å². The zero-order valence-corrected chi connectivity index (χ0v) is 14.6. The van der Waals surface area contributed by atoms with Crippen molar-refractivity contribution >= 4 is 5.97 Å². The van der Waals surface area contributed by atoms with E-state index >= 15 is 0 Å². The Hall–Kier alpha value is -3.85. The van der Waals surface area contributed by atoms with Gasteiger partial charge in [-0.15, -0.1) is 0 Å². The molecule has 0 spiro atoms. The Balaban J connectivity index is 1.69. The summed E-state index contributed by atoms with van der Waals surface area (Å²) in [5.41, 5.74) is 1.34. The van der Waals surface area contributed by atoms with E-state index in [9.17, 15) is 4.79 Å². The molecular formula is C21H16N2O4. The predicted molar refractivity (Wildman–Crippen MR) is 97.6 cm³/mol. The van der Waals surface area contributed by atoms with E-state index in [1.54, 1.807) is 24.3 Å². The molecule has 0 saturated heterocycles. The summed E-state index contributed by atoms with van der Waals surface area (Å²) in [6, 6.07) is 21.5. The average molecular weight is 360 g/mol. The minimum absolute atomic E-state index is 0.0655. The number of ether oxygens (including phenoxy) is 3. The van der Waals surface area contributed by atoms with Crippen LogP contribution < -0.4 is 9.47 Å². The molecule has 0 aliphatic carbocycles. The summed E-state index contributed by atoms with van der Waals surface area (Å²) in [4.78, 5) is 15.7. The maximum atomic E-state index is 11.7. The molecule has 27 heavy (non-hydrogen) atoms. The lowest BCUT2D eigenvalue weighted by atomic mass is 10.2. The van der Waals surface area contributed by atoms with Crippen molar-refractivity contribution in [3.05, 3.63) is 83.6 Å². The third-order valence-corrected chi connectivity index (χ3v) is 3.63. The van der Waals surface area contributed by atoms with Gasteiger partial charge in [0, 0.05) is 6.07 Å². The van der Waals surface area contributed by atoms with Gasteiger partial charge in [0.25, 0.3) is 0 Å². The zero-order chi connectivity index (χ0) is 19.1. The van der Waals surface area contributed by atoms with Crippen LogP contribution in [0.4, 0.5) is 0 Å². The molecule has 3 rings (SSSR count). The summed E-state index contributed by atoms with van der Waals surface area (Å²) in [5, 5.41) is 9.06. The quantitative estimate of drug-likeness (QED) is 0.615. The summed E-state index contributed by atoms with van der Waals surface area (Å²) in [6.07, 6.45) is 0. The number of esters is 1. The second kappa shape index (κ2) is 8.50. The molecule has 0 atom stereocenters. The second-order valence-electron chi connectivity index (χ2n) is 5.53. The third kappa shape index (κ3) is 4.83. The number of carbonyl (C=O) groups excluding carboxylic acids is 1. The highest BCUT2D eigenvalue weighted by molar-refractivity contribution is 5.89. The van der Waals surface area contributed by atoms with Crippen LogP contribution in [0.25, 0.3) is 0 Å². The molecule has 3 aromatic rings. The van der Waals surface area contributed by atoms with Crippen molar-refractivity contribution in [1.29, 1.82) is 5.26 Å². The maximum Gasteiger partial charge on any atom is 0.338 e. The first-order valence-electron chi connectivity index (χ1n) is 8.13. The van der Waals surface area contributed by atoms with Crippen LogP contribution in [0.3, 0.4) is 0 Å². The van der Waals surface area contributed by atoms with Gasteiger partial charge >= 0.3 is 5.97 Å². The molecule has 6 heteroatoms. The van der Waals surface area contributed by atoms with Crippen molar-refractivity contribution in [2.75, 3.05) is 7.11 Å². The molecule has 6 nitrogen and oxygen atoms in total. The molecule has 134 valence electrons. The Morgan fingerprint density at radius 2 is 1.74 bits per heavy atom. The maximum absolute atomic E-state index is 11.7. The molecule has 0 N–H and O–H groups in total. The summed E-state index contributed by atoms with van der Waals surface area (Å²) in [7, 11) is 1.27. The molecule has 0 fully saturated rings. The minimum Gasteiger partial charge on any atom is -0.489 e. The van der Waals surface area contributed by atoms with Crippen LogP contribution in [0, 0.1) is 11.3 Å². The van der Waals surface area contributed by atoms with Crippen LogP contribution in [0.1, 0.15) is 21.6 Å². The van der Waals surface area contributed by atoms with Crippen molar-refractivity contribution in [1.82, 2.24) is 4.98 Å². The molecule has 0 aliphatic rings. The van der Waals surface area contributed by atoms with Gasteiger partial charge in [0.1, 0.15) is 29.9 Å². The lowest BCUT2D eigenvalue weighted by Gasteiger charge is -2.09. The van der Waals surface area contributed by atoms with Gasteiger partial charge in [0.2, 0.25) is 5.88 Å². The van der Waals surface area contributed by atoms with Crippen LogP contribution in [-0.4, -0.2) is 18.1 Å². The van der Waals surface area contributed by atoms with Crippen molar-refractivity contribution in [2.45, 2.75) is 6.61 Å². The first-order chi connectivity index (χ1) is 13.2. The molecule has 2 aromatic carbocycles. The zero-order valence-electron chi connectivity index (χ0n) is 14.6. The topological polar surface area (TPSA) is 81.4 Å². The Bertz CT molecular complexity index is 964. The van der Waals surface area contributed by atoms with E-state index in [4.69, 9.17) is 14.7 Å². The number of nitrogens with zero attached hydrogens (tertiary/aromatic N) is 2. The van der Waals surface area contributed by atoms with E-state index in [1.807, 2.05) is 36.4 Å². The summed E-state index contributed by atoms with van der Waals surface area (Å²) in [6.45, 7) is 0.468. The molecular weight excluding hydrogens is 344 g/mol. The monoisotopic (exact) mass is 360 g/mol. The van der Waals surface area contributed by atoms with E-state index in [1.165, 1.54) is 19.2 Å². The minimum atomic E-state index is -0.566. The Morgan fingerprint density at radius 1 is 1.04 bits per heavy atom. The van der Waals surface area contributed by atoms with Gasteiger partial charge in [-0.05, 0) is 35.9 Å². The number of nitriles is 1. The van der Waals surface area contributed by atoms with E-state index in [0.717, 1.165) is 5.56 Å². The number of pyridine rings is 1. The summed E-state index contributed by atoms with van der Waals surface area (Å²) >= 11 is 0. The highest BCUT2D eigenvalue weighted by atomic mass is 16.5. The van der Waals surface area contributed by atoms with Crippen LogP contribution >= 0.6 is 0 Å². The van der Waals surface area contributed by atoms with Crippen LogP contribution in [0.5, 0.6) is 17.4 Å². The molecule has 1 heterocycles. The largest absolute Gasteiger partial charge is 0.489 e. The second-order valence-corrected chi connectivity index (χ2v) is 5.53. The highest BCUT2D eigenvalue weighted by Crippen LogP contribution is 2.24. The standard InChI is InChI=1S/C21H16N2O4/c1-25-21(24)16-11-17(13-22)23-20(12-16)27-19-9-7-18(8-10-19)26-14-15-5-3-2-4-6-15/h2-12H,14H2,1H3. The molecule has 0 amide bonds. The van der Waals surface area contributed by atoms with Gasteiger partial charge in [0.05, 0.1) is 12.7 Å². The number of aromatic nitrogens is 1. The first kappa shape index (κ1) is 18.0. The number of carbonyl (C=O) groups is 1. The Morgan fingerprint density at radius 3 is 2.41 bits per heavy atom. The molecule has 0 bridgehead atoms. The van der Waals surface area contributed by atoms with Crippen LogP contribution in [-0.2, 0) is 11.3 Å². The van der Waals surface area contributed by atoms with Gasteiger partial charge in [-0.1, -0.05) is 30.3 Å². The van der Waals surface area contributed by atoms with Gasteiger partial charge in [-0.25, -0.2) is 9.78 Å². The molecule has 0 radical (unpaired) electrons. The molecule has 0 aliphatic heterocycles. The van der Waals surface area contributed by atoms with Crippen molar-refractivity contribution in [3.63, 3.8) is 0 Å². The predicted octanol–water partition coefficient (Wildman–Crippen LogP) is 4.11. The van der Waals surface area contributed by atoms with Gasteiger partial charge in [0.15, 0.2) is 0 Å². The van der Waals surface area contributed by atoms with Crippen molar-refractivity contribution in [3.8, 4) is 23.4 Å². The van der Waals surface area contributed by atoms with Crippen molar-refractivity contribution < 1.29 is 19.0 Å². The lowest BCUT2D eigenvalue weighted by molar-refractivity contribution is 0.0600. The number of hydrogen-bond acceptors (Lipinski definition) is 6. The van der Waals surface area contributed by atoms with Crippen LogP contribution in [0.2, 0.25) is 0 Å². The number of rotatable bonds is 6.